The number of pyridine rings is 1. The first-order chi connectivity index (χ1) is 10.6. The van der Waals surface area contributed by atoms with Crippen LogP contribution in [0, 0.1) is 5.92 Å². The molecular weight excluding hydrogens is 276 g/mol. The molecule has 5 heteroatoms. The highest BCUT2D eigenvalue weighted by molar-refractivity contribution is 5.92. The monoisotopic (exact) mass is 300 g/mol. The number of amides is 1. The number of hydrogen-bond donors (Lipinski definition) is 1. The molecule has 0 aliphatic rings. The van der Waals surface area contributed by atoms with Crippen LogP contribution in [0.3, 0.4) is 0 Å². The number of aryl methyl sites for hydroxylation is 1. The molecule has 0 spiro atoms. The molecule has 0 aliphatic heterocycles. The molecule has 1 unspecified atom stereocenters. The van der Waals surface area contributed by atoms with Crippen LogP contribution < -0.4 is 5.32 Å². The maximum atomic E-state index is 12.6. The van der Waals surface area contributed by atoms with Gasteiger partial charge in [0.05, 0.1) is 6.04 Å². The molecule has 0 bridgehead atoms. The van der Waals surface area contributed by atoms with E-state index in [0.29, 0.717) is 11.6 Å². The third-order valence-electron chi connectivity index (χ3n) is 3.48. The minimum absolute atomic E-state index is 0.0359. The molecule has 0 saturated carbocycles. The molecule has 0 radical (unpaired) electrons. The number of nitrogens with zero attached hydrogens (tertiary/aromatic N) is 3. The van der Waals surface area contributed by atoms with Gasteiger partial charge >= 0.3 is 0 Å². The zero-order valence-electron chi connectivity index (χ0n) is 13.5. The molecule has 22 heavy (non-hydrogen) atoms. The van der Waals surface area contributed by atoms with Gasteiger partial charge in [0.25, 0.3) is 5.91 Å². The summed E-state index contributed by atoms with van der Waals surface area (Å²) in [6.07, 6.45) is 7.05. The fourth-order valence-electron chi connectivity index (χ4n) is 2.48. The maximum Gasteiger partial charge on any atom is 0.270 e. The number of rotatable bonds is 7. The van der Waals surface area contributed by atoms with Gasteiger partial charge in [0.1, 0.15) is 5.69 Å². The average Bonchev–Trinajstić information content (AvgIpc) is 2.96. The molecule has 5 nitrogen and oxygen atoms in total. The summed E-state index contributed by atoms with van der Waals surface area (Å²) in [6, 6.07) is 5.63. The molecule has 118 valence electrons. The number of aromatic nitrogens is 3. The molecule has 2 aromatic rings. The van der Waals surface area contributed by atoms with E-state index in [1.165, 1.54) is 0 Å². The Hall–Kier alpha value is -2.17. The van der Waals surface area contributed by atoms with E-state index in [-0.39, 0.29) is 11.9 Å². The molecular formula is C17H24N4O. The number of hydrogen-bond acceptors (Lipinski definition) is 3. The van der Waals surface area contributed by atoms with Gasteiger partial charge in [-0.2, -0.15) is 5.10 Å². The zero-order chi connectivity index (χ0) is 15.9. The van der Waals surface area contributed by atoms with Crippen molar-refractivity contribution in [3.8, 4) is 0 Å². The van der Waals surface area contributed by atoms with E-state index >= 15 is 0 Å². The Morgan fingerprint density at radius 3 is 2.77 bits per heavy atom. The maximum absolute atomic E-state index is 12.6. The van der Waals surface area contributed by atoms with E-state index in [2.05, 4.69) is 36.2 Å². The Morgan fingerprint density at radius 1 is 1.32 bits per heavy atom. The molecule has 1 atom stereocenters. The van der Waals surface area contributed by atoms with Crippen LogP contribution >= 0.6 is 0 Å². The van der Waals surface area contributed by atoms with Crippen LogP contribution in [0.15, 0.2) is 36.8 Å². The van der Waals surface area contributed by atoms with Gasteiger partial charge in [0.2, 0.25) is 0 Å². The van der Waals surface area contributed by atoms with Gasteiger partial charge in [-0.15, -0.1) is 0 Å². The molecule has 0 fully saturated rings. The summed E-state index contributed by atoms with van der Waals surface area (Å²) >= 11 is 0. The average molecular weight is 300 g/mol. The van der Waals surface area contributed by atoms with Gasteiger partial charge in [0.15, 0.2) is 0 Å². The van der Waals surface area contributed by atoms with Gasteiger partial charge in [-0.1, -0.05) is 26.8 Å². The summed E-state index contributed by atoms with van der Waals surface area (Å²) in [7, 11) is 0. The van der Waals surface area contributed by atoms with E-state index in [0.717, 1.165) is 24.9 Å². The molecule has 1 amide bonds. The first-order valence-electron chi connectivity index (χ1n) is 7.84. The van der Waals surface area contributed by atoms with Gasteiger partial charge < -0.3 is 5.32 Å². The highest BCUT2D eigenvalue weighted by atomic mass is 16.2. The van der Waals surface area contributed by atoms with Crippen LogP contribution in [-0.2, 0) is 6.54 Å². The number of nitrogens with one attached hydrogen (secondary N) is 1. The second kappa shape index (κ2) is 7.73. The van der Waals surface area contributed by atoms with Crippen molar-refractivity contribution in [2.45, 2.75) is 46.2 Å². The summed E-state index contributed by atoms with van der Waals surface area (Å²) < 4.78 is 1.75. The molecule has 2 heterocycles. The van der Waals surface area contributed by atoms with Gasteiger partial charge in [-0.05, 0) is 36.5 Å². The molecule has 0 saturated heterocycles. The van der Waals surface area contributed by atoms with Crippen molar-refractivity contribution in [2.24, 2.45) is 5.92 Å². The Bertz CT molecular complexity index is 592. The van der Waals surface area contributed by atoms with Crippen LogP contribution in [0.2, 0.25) is 0 Å². The van der Waals surface area contributed by atoms with Crippen molar-refractivity contribution < 1.29 is 4.79 Å². The predicted octanol–water partition coefficient (Wildman–Crippen LogP) is 3.21. The molecule has 2 aromatic heterocycles. The lowest BCUT2D eigenvalue weighted by Gasteiger charge is -2.21. The largest absolute Gasteiger partial charge is 0.344 e. The fourth-order valence-corrected chi connectivity index (χ4v) is 2.48. The standard InChI is InChI=1S/C17H24N4O/c1-4-10-21-16(7-9-19-21)17(22)20-15(11-13(2)3)14-6-5-8-18-12-14/h5-9,12-13,15H,4,10-11H2,1-3H3,(H,20,22). The highest BCUT2D eigenvalue weighted by Crippen LogP contribution is 2.21. The summed E-state index contributed by atoms with van der Waals surface area (Å²) in [6.45, 7) is 7.12. The Labute approximate surface area is 131 Å². The second-order valence-corrected chi connectivity index (χ2v) is 5.88. The van der Waals surface area contributed by atoms with E-state index in [4.69, 9.17) is 0 Å². The van der Waals surface area contributed by atoms with Crippen LogP contribution in [-0.4, -0.2) is 20.7 Å². The minimum atomic E-state index is -0.0829. The van der Waals surface area contributed by atoms with Crippen molar-refractivity contribution in [2.75, 3.05) is 0 Å². The molecule has 0 aromatic carbocycles. The quantitative estimate of drug-likeness (QED) is 0.854. The minimum Gasteiger partial charge on any atom is -0.344 e. The Morgan fingerprint density at radius 2 is 2.14 bits per heavy atom. The number of carbonyl (C=O) groups is 1. The Balaban J connectivity index is 2.16. The molecule has 2 rings (SSSR count). The topological polar surface area (TPSA) is 59.8 Å². The normalized spacial score (nSPS) is 12.4. The van der Waals surface area contributed by atoms with Crippen LogP contribution in [0.5, 0.6) is 0 Å². The fraction of sp³-hybridized carbons (Fsp3) is 0.471. The summed E-state index contributed by atoms with van der Waals surface area (Å²) in [5.41, 5.74) is 1.64. The van der Waals surface area contributed by atoms with Gasteiger partial charge in [-0.25, -0.2) is 0 Å². The van der Waals surface area contributed by atoms with E-state index in [9.17, 15) is 4.79 Å². The molecule has 1 N–H and O–H groups in total. The lowest BCUT2D eigenvalue weighted by atomic mass is 9.98. The SMILES string of the molecule is CCCn1nccc1C(=O)NC(CC(C)C)c1cccnc1. The van der Waals surface area contributed by atoms with Crippen molar-refractivity contribution in [1.82, 2.24) is 20.1 Å². The summed E-state index contributed by atoms with van der Waals surface area (Å²) in [5.74, 6) is 0.395. The van der Waals surface area contributed by atoms with Crippen LogP contribution in [0.25, 0.3) is 0 Å². The van der Waals surface area contributed by atoms with Gasteiger partial charge in [0, 0.05) is 25.1 Å². The van der Waals surface area contributed by atoms with Crippen molar-refractivity contribution in [1.29, 1.82) is 0 Å². The van der Waals surface area contributed by atoms with E-state index in [1.807, 2.05) is 18.3 Å². The first-order valence-corrected chi connectivity index (χ1v) is 7.84. The smallest absolute Gasteiger partial charge is 0.270 e. The lowest BCUT2D eigenvalue weighted by molar-refractivity contribution is 0.0920. The van der Waals surface area contributed by atoms with E-state index < -0.39 is 0 Å². The number of carbonyl (C=O) groups excluding carboxylic acids is 1. The first kappa shape index (κ1) is 16.2. The van der Waals surface area contributed by atoms with Crippen molar-refractivity contribution >= 4 is 5.91 Å². The summed E-state index contributed by atoms with van der Waals surface area (Å²) in [4.78, 5) is 16.7. The van der Waals surface area contributed by atoms with Crippen molar-refractivity contribution in [3.05, 3.63) is 48.0 Å². The summed E-state index contributed by atoms with van der Waals surface area (Å²) in [5, 5.41) is 7.34. The third kappa shape index (κ3) is 4.16. The second-order valence-electron chi connectivity index (χ2n) is 5.88. The van der Waals surface area contributed by atoms with E-state index in [1.54, 1.807) is 23.1 Å². The lowest BCUT2D eigenvalue weighted by Crippen LogP contribution is -2.31. The Kier molecular flexibility index (Phi) is 5.69. The van der Waals surface area contributed by atoms with Crippen LogP contribution in [0.1, 0.15) is 55.7 Å². The molecule has 0 aliphatic carbocycles. The predicted molar refractivity (Wildman–Crippen MR) is 86.4 cm³/mol. The van der Waals surface area contributed by atoms with Crippen LogP contribution in [0.4, 0.5) is 0 Å². The third-order valence-corrected chi connectivity index (χ3v) is 3.48. The van der Waals surface area contributed by atoms with Gasteiger partial charge in [-0.3, -0.25) is 14.5 Å². The highest BCUT2D eigenvalue weighted by Gasteiger charge is 2.19. The van der Waals surface area contributed by atoms with Crippen molar-refractivity contribution in [3.63, 3.8) is 0 Å². The zero-order valence-corrected chi connectivity index (χ0v) is 13.5.